The number of aliphatic hydroxyl groups excluding tert-OH is 1. The zero-order valence-electron chi connectivity index (χ0n) is 21.4. The minimum atomic E-state index is -0.538. The number of aryl methyl sites for hydroxylation is 2. The summed E-state index contributed by atoms with van der Waals surface area (Å²) in [5, 5.41) is 15.5. The molecule has 2 aliphatic rings. The number of β-amino-alcohol motifs (C(OH)–C–C–N with tert-alkyl or cyclic N) is 1. The van der Waals surface area contributed by atoms with Crippen molar-refractivity contribution >= 4 is 39.2 Å². The van der Waals surface area contributed by atoms with E-state index < -0.39 is 5.41 Å². The number of nitrogens with zero attached hydrogens (tertiary/aromatic N) is 3. The van der Waals surface area contributed by atoms with Gasteiger partial charge in [-0.25, -0.2) is 9.97 Å². The molecule has 1 fully saturated rings. The SMILES string of the molecule is CC1(C)C(=O)Nc2cccc(CCc3nc(Nc4ccc(C5CCN(CCO)CC5)cc4)ncc3Br)c21. The minimum absolute atomic E-state index is 0.0443. The van der Waals surface area contributed by atoms with Crippen LogP contribution in [0.1, 0.15) is 55.0 Å². The Morgan fingerprint density at radius 2 is 1.89 bits per heavy atom. The largest absolute Gasteiger partial charge is 0.395 e. The number of aromatic nitrogens is 2. The molecule has 0 unspecified atom stereocenters. The highest BCUT2D eigenvalue weighted by molar-refractivity contribution is 9.10. The van der Waals surface area contributed by atoms with E-state index in [0.29, 0.717) is 11.9 Å². The molecule has 8 heteroatoms. The Bertz CT molecular complexity index is 1270. The predicted molar refractivity (Wildman–Crippen MR) is 150 cm³/mol. The van der Waals surface area contributed by atoms with Gasteiger partial charge in [-0.2, -0.15) is 0 Å². The fourth-order valence-corrected chi connectivity index (χ4v) is 5.92. The zero-order chi connectivity index (χ0) is 26.0. The van der Waals surface area contributed by atoms with Gasteiger partial charge in [0.2, 0.25) is 11.9 Å². The molecule has 3 heterocycles. The quantitative estimate of drug-likeness (QED) is 0.350. The first kappa shape index (κ1) is 25.8. The van der Waals surface area contributed by atoms with Gasteiger partial charge in [-0.05, 0) is 109 Å². The molecule has 3 aromatic rings. The van der Waals surface area contributed by atoms with Gasteiger partial charge in [0.15, 0.2) is 0 Å². The summed E-state index contributed by atoms with van der Waals surface area (Å²) in [6, 6.07) is 14.7. The second-order valence-corrected chi connectivity index (χ2v) is 11.3. The van der Waals surface area contributed by atoms with Crippen LogP contribution in [-0.2, 0) is 23.1 Å². The molecule has 194 valence electrons. The summed E-state index contributed by atoms with van der Waals surface area (Å²) < 4.78 is 0.877. The fraction of sp³-hybridized carbons (Fsp3) is 0.414. The number of aliphatic hydroxyl groups is 1. The molecule has 0 bridgehead atoms. The van der Waals surface area contributed by atoms with E-state index >= 15 is 0 Å². The van der Waals surface area contributed by atoms with Gasteiger partial charge in [-0.15, -0.1) is 0 Å². The molecule has 2 aromatic carbocycles. The van der Waals surface area contributed by atoms with Crippen LogP contribution in [0.5, 0.6) is 0 Å². The summed E-state index contributed by atoms with van der Waals surface area (Å²) in [6.45, 7) is 7.04. The molecule has 7 nitrogen and oxygen atoms in total. The summed E-state index contributed by atoms with van der Waals surface area (Å²) in [7, 11) is 0. The smallest absolute Gasteiger partial charge is 0.234 e. The molecule has 0 atom stereocenters. The van der Waals surface area contributed by atoms with Crippen molar-refractivity contribution in [3.8, 4) is 0 Å². The lowest BCUT2D eigenvalue weighted by Gasteiger charge is -2.31. The van der Waals surface area contributed by atoms with Crippen molar-refractivity contribution in [2.75, 3.05) is 36.9 Å². The minimum Gasteiger partial charge on any atom is -0.395 e. The van der Waals surface area contributed by atoms with Crippen molar-refractivity contribution in [2.24, 2.45) is 0 Å². The van der Waals surface area contributed by atoms with Crippen LogP contribution in [0.2, 0.25) is 0 Å². The van der Waals surface area contributed by atoms with Crippen molar-refractivity contribution in [3.63, 3.8) is 0 Å². The number of hydrogen-bond acceptors (Lipinski definition) is 6. The molecule has 0 saturated carbocycles. The van der Waals surface area contributed by atoms with Crippen LogP contribution in [0.15, 0.2) is 53.1 Å². The van der Waals surface area contributed by atoms with Gasteiger partial charge in [0.1, 0.15) is 0 Å². The van der Waals surface area contributed by atoms with E-state index in [0.717, 1.165) is 72.4 Å². The molecule has 5 rings (SSSR count). The molecule has 0 spiro atoms. The van der Waals surface area contributed by atoms with Crippen LogP contribution in [0.4, 0.5) is 17.3 Å². The molecule has 3 N–H and O–H groups in total. The van der Waals surface area contributed by atoms with E-state index in [2.05, 4.69) is 66.8 Å². The van der Waals surface area contributed by atoms with Crippen molar-refractivity contribution in [2.45, 2.75) is 50.9 Å². The van der Waals surface area contributed by atoms with E-state index in [1.165, 1.54) is 11.1 Å². The highest BCUT2D eigenvalue weighted by atomic mass is 79.9. The van der Waals surface area contributed by atoms with Gasteiger partial charge in [0.05, 0.1) is 22.2 Å². The number of nitrogens with one attached hydrogen (secondary N) is 2. The number of rotatable bonds is 8. The highest BCUT2D eigenvalue weighted by Gasteiger charge is 2.39. The number of piperidine rings is 1. The first-order valence-electron chi connectivity index (χ1n) is 13.0. The second kappa shape index (κ2) is 10.9. The number of halogens is 1. The van der Waals surface area contributed by atoms with E-state index in [4.69, 9.17) is 10.1 Å². The normalized spacial score (nSPS) is 17.5. The Labute approximate surface area is 226 Å². The number of benzene rings is 2. The molecule has 37 heavy (non-hydrogen) atoms. The Balaban J connectivity index is 1.24. The number of hydrogen-bond donors (Lipinski definition) is 3. The number of anilines is 3. The summed E-state index contributed by atoms with van der Waals surface area (Å²) >= 11 is 3.61. The number of fused-ring (bicyclic) bond motifs is 1. The summed E-state index contributed by atoms with van der Waals surface area (Å²) in [5.74, 6) is 1.18. The Morgan fingerprint density at radius 3 is 2.62 bits per heavy atom. The van der Waals surface area contributed by atoms with Crippen molar-refractivity contribution in [1.29, 1.82) is 0 Å². The fourth-order valence-electron chi connectivity index (χ4n) is 5.53. The maximum Gasteiger partial charge on any atom is 0.234 e. The molecule has 0 radical (unpaired) electrons. The average molecular weight is 565 g/mol. The zero-order valence-corrected chi connectivity index (χ0v) is 23.0. The maximum absolute atomic E-state index is 12.4. The van der Waals surface area contributed by atoms with E-state index in [-0.39, 0.29) is 12.5 Å². The Morgan fingerprint density at radius 1 is 1.14 bits per heavy atom. The third kappa shape index (κ3) is 5.56. The molecule has 1 aromatic heterocycles. The van der Waals surface area contributed by atoms with Crippen LogP contribution < -0.4 is 10.6 Å². The van der Waals surface area contributed by atoms with Crippen molar-refractivity contribution in [1.82, 2.24) is 14.9 Å². The Kier molecular flexibility index (Phi) is 7.60. The van der Waals surface area contributed by atoms with Gasteiger partial charge in [0.25, 0.3) is 0 Å². The number of amides is 1. The topological polar surface area (TPSA) is 90.4 Å². The number of carbonyl (C=O) groups is 1. The lowest BCUT2D eigenvalue weighted by molar-refractivity contribution is -0.119. The van der Waals surface area contributed by atoms with Crippen LogP contribution in [0, 0.1) is 0 Å². The van der Waals surface area contributed by atoms with Crippen molar-refractivity contribution < 1.29 is 9.90 Å². The first-order chi connectivity index (χ1) is 17.8. The molecule has 0 aliphatic carbocycles. The van der Waals surface area contributed by atoms with Gasteiger partial charge in [-0.1, -0.05) is 24.3 Å². The highest BCUT2D eigenvalue weighted by Crippen LogP contribution is 2.40. The van der Waals surface area contributed by atoms with Crippen LogP contribution in [-0.4, -0.2) is 52.1 Å². The standard InChI is InChI=1S/C29H34BrN5O2/c1-29(2)26-21(4-3-5-25(26)33-27(29)37)8-11-24-23(30)18-31-28(34-24)32-22-9-6-19(7-10-22)20-12-14-35(15-13-20)16-17-36/h3-7,9-10,18,20,36H,8,11-17H2,1-2H3,(H,33,37)(H,31,32,34). The van der Waals surface area contributed by atoms with Crippen LogP contribution in [0.3, 0.4) is 0 Å². The van der Waals surface area contributed by atoms with E-state index in [9.17, 15) is 4.79 Å². The van der Waals surface area contributed by atoms with Gasteiger partial charge >= 0.3 is 0 Å². The monoisotopic (exact) mass is 563 g/mol. The third-order valence-electron chi connectivity index (χ3n) is 7.68. The predicted octanol–water partition coefficient (Wildman–Crippen LogP) is 5.17. The first-order valence-corrected chi connectivity index (χ1v) is 13.8. The second-order valence-electron chi connectivity index (χ2n) is 10.5. The average Bonchev–Trinajstić information content (AvgIpc) is 3.14. The summed E-state index contributed by atoms with van der Waals surface area (Å²) in [4.78, 5) is 24.0. The molecular formula is C29H34BrN5O2. The van der Waals surface area contributed by atoms with Crippen LogP contribution in [0.25, 0.3) is 0 Å². The van der Waals surface area contributed by atoms with Gasteiger partial charge in [0, 0.05) is 24.1 Å². The van der Waals surface area contributed by atoms with Crippen molar-refractivity contribution in [3.05, 3.63) is 75.5 Å². The lowest BCUT2D eigenvalue weighted by atomic mass is 9.82. The summed E-state index contributed by atoms with van der Waals surface area (Å²) in [6.07, 6.45) is 5.55. The maximum atomic E-state index is 12.4. The third-order valence-corrected chi connectivity index (χ3v) is 8.34. The molecule has 2 aliphatic heterocycles. The lowest BCUT2D eigenvalue weighted by Crippen LogP contribution is -2.34. The molecule has 1 amide bonds. The number of carbonyl (C=O) groups excluding carboxylic acids is 1. The number of likely N-dealkylation sites (tertiary alicyclic amines) is 1. The van der Waals surface area contributed by atoms with Gasteiger partial charge in [-0.3, -0.25) is 4.79 Å². The van der Waals surface area contributed by atoms with Gasteiger partial charge < -0.3 is 20.6 Å². The summed E-state index contributed by atoms with van der Waals surface area (Å²) in [5.41, 5.74) is 5.87. The van der Waals surface area contributed by atoms with E-state index in [1.54, 1.807) is 6.20 Å². The Hall–Kier alpha value is -2.81. The van der Waals surface area contributed by atoms with Crippen LogP contribution >= 0.6 is 15.9 Å². The van der Waals surface area contributed by atoms with E-state index in [1.807, 2.05) is 26.0 Å². The molecular weight excluding hydrogens is 530 g/mol. The molecule has 1 saturated heterocycles.